The SMILES string of the molecule is CC(CNC(=O)Cc1ccsc1)Oc1cccc(CN2CCN(c3cccc(Cl)c3)CC2)c1. The summed E-state index contributed by atoms with van der Waals surface area (Å²) in [6.45, 7) is 7.34. The lowest BCUT2D eigenvalue weighted by Gasteiger charge is -2.36. The second-order valence-electron chi connectivity index (χ2n) is 8.43. The van der Waals surface area contributed by atoms with Gasteiger partial charge in [0, 0.05) is 43.4 Å². The second kappa shape index (κ2) is 11.5. The van der Waals surface area contributed by atoms with Gasteiger partial charge in [0.05, 0.1) is 13.0 Å². The number of ether oxygens (including phenoxy) is 1. The van der Waals surface area contributed by atoms with Crippen LogP contribution in [0.5, 0.6) is 5.75 Å². The van der Waals surface area contributed by atoms with Crippen LogP contribution in [0.3, 0.4) is 0 Å². The van der Waals surface area contributed by atoms with E-state index in [1.54, 1.807) is 11.3 Å². The molecule has 1 amide bonds. The number of piperazine rings is 1. The molecule has 174 valence electrons. The number of halogens is 1. The lowest BCUT2D eigenvalue weighted by Crippen LogP contribution is -2.45. The molecule has 0 saturated carbocycles. The molecular formula is C26H30ClN3O2S. The first-order valence-electron chi connectivity index (χ1n) is 11.3. The maximum Gasteiger partial charge on any atom is 0.224 e. The Bertz CT molecular complexity index is 1040. The topological polar surface area (TPSA) is 44.8 Å². The Morgan fingerprint density at radius 3 is 2.67 bits per heavy atom. The van der Waals surface area contributed by atoms with Crippen LogP contribution in [0.2, 0.25) is 5.02 Å². The number of hydrogen-bond donors (Lipinski definition) is 1. The third-order valence-electron chi connectivity index (χ3n) is 5.72. The van der Waals surface area contributed by atoms with Gasteiger partial charge in [-0.1, -0.05) is 29.8 Å². The summed E-state index contributed by atoms with van der Waals surface area (Å²) in [5.74, 6) is 0.860. The molecule has 1 fully saturated rings. The zero-order chi connectivity index (χ0) is 23.0. The van der Waals surface area contributed by atoms with Crippen molar-refractivity contribution in [3.05, 3.63) is 81.5 Å². The first-order valence-corrected chi connectivity index (χ1v) is 12.6. The number of anilines is 1. The van der Waals surface area contributed by atoms with E-state index in [1.165, 1.54) is 11.3 Å². The van der Waals surface area contributed by atoms with Crippen LogP contribution in [-0.4, -0.2) is 49.6 Å². The summed E-state index contributed by atoms with van der Waals surface area (Å²) in [4.78, 5) is 16.9. The maximum atomic E-state index is 12.1. The van der Waals surface area contributed by atoms with Gasteiger partial charge in [-0.25, -0.2) is 0 Å². The van der Waals surface area contributed by atoms with E-state index in [9.17, 15) is 4.79 Å². The quantitative estimate of drug-likeness (QED) is 0.472. The summed E-state index contributed by atoms with van der Waals surface area (Å²) < 4.78 is 6.06. The van der Waals surface area contributed by atoms with E-state index in [1.807, 2.05) is 54.1 Å². The molecule has 7 heteroatoms. The molecule has 0 bridgehead atoms. The number of thiophene rings is 1. The zero-order valence-corrected chi connectivity index (χ0v) is 20.4. The van der Waals surface area contributed by atoms with Crippen molar-refractivity contribution in [2.75, 3.05) is 37.6 Å². The molecule has 1 N–H and O–H groups in total. The summed E-state index contributed by atoms with van der Waals surface area (Å²) in [6.07, 6.45) is 0.309. The summed E-state index contributed by atoms with van der Waals surface area (Å²) in [6, 6.07) is 18.3. The zero-order valence-electron chi connectivity index (χ0n) is 18.9. The molecular weight excluding hydrogens is 454 g/mol. The first kappa shape index (κ1) is 23.6. The fraction of sp³-hybridized carbons (Fsp3) is 0.346. The van der Waals surface area contributed by atoms with Crippen molar-refractivity contribution in [1.82, 2.24) is 10.2 Å². The van der Waals surface area contributed by atoms with Crippen molar-refractivity contribution in [1.29, 1.82) is 0 Å². The van der Waals surface area contributed by atoms with E-state index in [0.29, 0.717) is 13.0 Å². The summed E-state index contributed by atoms with van der Waals surface area (Å²) in [5.41, 5.74) is 3.47. The number of nitrogens with zero attached hydrogens (tertiary/aromatic N) is 2. The summed E-state index contributed by atoms with van der Waals surface area (Å²) in [7, 11) is 0. The van der Waals surface area contributed by atoms with Gasteiger partial charge >= 0.3 is 0 Å². The molecule has 1 aliphatic rings. The van der Waals surface area contributed by atoms with Crippen LogP contribution in [0.4, 0.5) is 5.69 Å². The molecule has 0 spiro atoms. The summed E-state index contributed by atoms with van der Waals surface area (Å²) >= 11 is 7.75. The van der Waals surface area contributed by atoms with E-state index in [0.717, 1.165) is 49.1 Å². The van der Waals surface area contributed by atoms with Gasteiger partial charge in [-0.05, 0) is 65.2 Å². The Kier molecular flexibility index (Phi) is 8.26. The average Bonchev–Trinajstić information content (AvgIpc) is 3.31. The highest BCUT2D eigenvalue weighted by molar-refractivity contribution is 7.08. The fourth-order valence-corrected chi connectivity index (χ4v) is 4.84. The first-order chi connectivity index (χ1) is 16.0. The van der Waals surface area contributed by atoms with Crippen LogP contribution >= 0.6 is 22.9 Å². The normalized spacial score (nSPS) is 15.3. The van der Waals surface area contributed by atoms with E-state index in [-0.39, 0.29) is 12.0 Å². The molecule has 2 aromatic carbocycles. The molecule has 1 saturated heterocycles. The Hall–Kier alpha value is -2.54. The largest absolute Gasteiger partial charge is 0.489 e. The molecule has 0 aliphatic carbocycles. The minimum Gasteiger partial charge on any atom is -0.489 e. The van der Waals surface area contributed by atoms with Crippen LogP contribution in [0, 0.1) is 0 Å². The molecule has 0 radical (unpaired) electrons. The van der Waals surface area contributed by atoms with Crippen molar-refractivity contribution in [2.45, 2.75) is 26.0 Å². The Balaban J connectivity index is 1.22. The number of benzene rings is 2. The van der Waals surface area contributed by atoms with E-state index in [2.05, 4.69) is 33.3 Å². The monoisotopic (exact) mass is 483 g/mol. The van der Waals surface area contributed by atoms with Crippen LogP contribution in [0.15, 0.2) is 65.4 Å². The van der Waals surface area contributed by atoms with Crippen LogP contribution in [-0.2, 0) is 17.8 Å². The molecule has 1 unspecified atom stereocenters. The number of carbonyl (C=O) groups is 1. The molecule has 1 aliphatic heterocycles. The van der Waals surface area contributed by atoms with Crippen LogP contribution in [0.25, 0.3) is 0 Å². The van der Waals surface area contributed by atoms with E-state index >= 15 is 0 Å². The van der Waals surface area contributed by atoms with Crippen molar-refractivity contribution in [3.8, 4) is 5.75 Å². The highest BCUT2D eigenvalue weighted by Gasteiger charge is 2.18. The average molecular weight is 484 g/mol. The van der Waals surface area contributed by atoms with Gasteiger partial charge in [0.15, 0.2) is 0 Å². The molecule has 2 heterocycles. The van der Waals surface area contributed by atoms with E-state index in [4.69, 9.17) is 16.3 Å². The highest BCUT2D eigenvalue weighted by atomic mass is 35.5. The molecule has 1 aromatic heterocycles. The van der Waals surface area contributed by atoms with Crippen molar-refractivity contribution in [3.63, 3.8) is 0 Å². The smallest absolute Gasteiger partial charge is 0.224 e. The number of hydrogen-bond acceptors (Lipinski definition) is 5. The standard InChI is InChI=1S/C26H30ClN3O2S/c1-20(17-28-26(31)15-22-8-13-33-19-22)32-25-7-2-4-21(14-25)18-29-9-11-30(12-10-29)24-6-3-5-23(27)16-24/h2-8,13-14,16,19-20H,9-12,15,17-18H2,1H3,(H,28,31). The number of carbonyl (C=O) groups excluding carboxylic acids is 1. The Labute approximate surface area is 204 Å². The van der Waals surface area contributed by atoms with Gasteiger partial charge in [0.2, 0.25) is 5.91 Å². The predicted molar refractivity (Wildman–Crippen MR) is 137 cm³/mol. The minimum absolute atomic E-state index is 0.0227. The predicted octanol–water partition coefficient (Wildman–Crippen LogP) is 4.85. The number of nitrogens with one attached hydrogen (secondary N) is 1. The highest BCUT2D eigenvalue weighted by Crippen LogP contribution is 2.22. The molecule has 4 rings (SSSR count). The van der Waals surface area contributed by atoms with E-state index < -0.39 is 0 Å². The van der Waals surface area contributed by atoms with Gasteiger partial charge in [-0.15, -0.1) is 0 Å². The van der Waals surface area contributed by atoms with Gasteiger partial charge in [-0.2, -0.15) is 11.3 Å². The lowest BCUT2D eigenvalue weighted by atomic mass is 10.1. The van der Waals surface area contributed by atoms with Crippen LogP contribution in [0.1, 0.15) is 18.1 Å². The van der Waals surface area contributed by atoms with Gasteiger partial charge in [-0.3, -0.25) is 9.69 Å². The van der Waals surface area contributed by atoms with Crippen molar-refractivity contribution >= 4 is 34.5 Å². The molecule has 1 atom stereocenters. The Morgan fingerprint density at radius 1 is 1.09 bits per heavy atom. The van der Waals surface area contributed by atoms with Crippen LogP contribution < -0.4 is 15.0 Å². The maximum absolute atomic E-state index is 12.1. The lowest BCUT2D eigenvalue weighted by molar-refractivity contribution is -0.120. The third-order valence-corrected chi connectivity index (χ3v) is 6.69. The summed E-state index contributed by atoms with van der Waals surface area (Å²) in [5, 5.41) is 7.73. The second-order valence-corrected chi connectivity index (χ2v) is 9.65. The molecule has 3 aromatic rings. The minimum atomic E-state index is -0.104. The third kappa shape index (κ3) is 7.22. The van der Waals surface area contributed by atoms with Crippen molar-refractivity contribution < 1.29 is 9.53 Å². The van der Waals surface area contributed by atoms with Gasteiger partial charge in [0.25, 0.3) is 0 Å². The Morgan fingerprint density at radius 2 is 1.91 bits per heavy atom. The molecule has 33 heavy (non-hydrogen) atoms. The number of amides is 1. The fourth-order valence-electron chi connectivity index (χ4n) is 3.99. The van der Waals surface area contributed by atoms with Crippen molar-refractivity contribution in [2.24, 2.45) is 0 Å². The number of rotatable bonds is 9. The molecule has 5 nitrogen and oxygen atoms in total. The van der Waals surface area contributed by atoms with Gasteiger partial charge in [0.1, 0.15) is 11.9 Å². The van der Waals surface area contributed by atoms with Gasteiger partial charge < -0.3 is 15.0 Å².